The number of hydrogen-bond acceptors (Lipinski definition) is 3. The van der Waals surface area contributed by atoms with Crippen LogP contribution in [-0.4, -0.2) is 32.0 Å². The zero-order valence-corrected chi connectivity index (χ0v) is 22.0. The third-order valence-electron chi connectivity index (χ3n) is 6.27. The van der Waals surface area contributed by atoms with E-state index in [1.54, 1.807) is 0 Å². The Hall–Kier alpha value is -0.423. The summed E-state index contributed by atoms with van der Waals surface area (Å²) in [7, 11) is -2.47. The average molecular weight is 425 g/mol. The highest BCUT2D eigenvalue weighted by Crippen LogP contribution is 2.55. The molecule has 4 heteroatoms. The summed E-state index contributed by atoms with van der Waals surface area (Å²) in [6.45, 7) is 24.5. The number of aliphatic hydroxyl groups excluding tert-OH is 1. The van der Waals surface area contributed by atoms with E-state index in [0.717, 1.165) is 19.3 Å². The fourth-order valence-corrected chi connectivity index (χ4v) is 10.00. The van der Waals surface area contributed by atoms with Crippen LogP contribution in [0, 0.1) is 11.8 Å². The van der Waals surface area contributed by atoms with Crippen LogP contribution >= 0.6 is 0 Å². The minimum atomic E-state index is -2.47. The van der Waals surface area contributed by atoms with Gasteiger partial charge in [-0.05, 0) is 51.9 Å². The van der Waals surface area contributed by atoms with Gasteiger partial charge in [-0.15, -0.1) is 0 Å². The zero-order valence-electron chi connectivity index (χ0n) is 21.0. The highest BCUT2D eigenvalue weighted by atomic mass is 28.4. The van der Waals surface area contributed by atoms with Gasteiger partial charge in [-0.1, -0.05) is 79.2 Å². The molecule has 0 amide bonds. The van der Waals surface area contributed by atoms with Crippen molar-refractivity contribution in [2.24, 2.45) is 11.8 Å². The molecule has 1 N–H and O–H groups in total. The lowest BCUT2D eigenvalue weighted by molar-refractivity contribution is -0.0307. The highest BCUT2D eigenvalue weighted by Gasteiger charge is 2.61. The summed E-state index contributed by atoms with van der Waals surface area (Å²) in [5.41, 5.74) is 1.34. The Balaban J connectivity index is 2.97. The van der Waals surface area contributed by atoms with Gasteiger partial charge in [0.15, 0.2) is 0 Å². The highest BCUT2D eigenvalue weighted by molar-refractivity contribution is 6.73. The predicted octanol–water partition coefficient (Wildman–Crippen LogP) is 7.16. The molecule has 0 aromatic rings. The molecule has 0 bridgehead atoms. The normalized spacial score (nSPS) is 27.1. The van der Waals surface area contributed by atoms with E-state index in [9.17, 15) is 5.11 Å². The quantitative estimate of drug-likeness (QED) is 0.348. The summed E-state index contributed by atoms with van der Waals surface area (Å²) in [6.07, 6.45) is 9.12. The van der Waals surface area contributed by atoms with E-state index in [0.29, 0.717) is 5.92 Å². The van der Waals surface area contributed by atoms with Crippen LogP contribution in [-0.2, 0) is 8.85 Å². The summed E-state index contributed by atoms with van der Waals surface area (Å²) in [6, 6.07) is 0. The van der Waals surface area contributed by atoms with Crippen molar-refractivity contribution < 1.29 is 14.0 Å². The first kappa shape index (κ1) is 26.6. The minimum Gasteiger partial charge on any atom is -0.393 e. The van der Waals surface area contributed by atoms with Gasteiger partial charge in [-0.3, -0.25) is 0 Å². The molecule has 1 aliphatic heterocycles. The molecular weight excluding hydrogens is 376 g/mol. The van der Waals surface area contributed by atoms with Crippen LogP contribution in [0.2, 0.25) is 10.1 Å². The van der Waals surface area contributed by atoms with Crippen LogP contribution in [0.5, 0.6) is 0 Å². The van der Waals surface area contributed by atoms with Crippen molar-refractivity contribution in [1.29, 1.82) is 0 Å². The number of hydrogen-bond donors (Lipinski definition) is 1. The Labute approximate surface area is 182 Å². The van der Waals surface area contributed by atoms with E-state index < -0.39 is 8.56 Å². The maximum absolute atomic E-state index is 10.3. The van der Waals surface area contributed by atoms with Gasteiger partial charge in [-0.25, -0.2) is 0 Å². The molecule has 0 aromatic heterocycles. The van der Waals surface area contributed by atoms with Gasteiger partial charge in [0.2, 0.25) is 0 Å². The summed E-state index contributed by atoms with van der Waals surface area (Å²) in [5, 5.41) is 10.4. The molecule has 1 rings (SSSR count). The molecule has 1 fully saturated rings. The van der Waals surface area contributed by atoms with E-state index in [2.05, 4.69) is 75.3 Å². The fourth-order valence-electron chi connectivity index (χ4n) is 4.88. The summed E-state index contributed by atoms with van der Waals surface area (Å²) >= 11 is 0. The second-order valence-electron chi connectivity index (χ2n) is 11.4. The molecule has 170 valence electrons. The van der Waals surface area contributed by atoms with Crippen LogP contribution in [0.1, 0.15) is 95.4 Å². The molecule has 5 atom stereocenters. The van der Waals surface area contributed by atoms with Crippen LogP contribution in [0.4, 0.5) is 0 Å². The first-order chi connectivity index (χ1) is 13.1. The third-order valence-corrected chi connectivity index (χ3v) is 11.6. The van der Waals surface area contributed by atoms with Crippen molar-refractivity contribution in [3.05, 3.63) is 23.8 Å². The monoisotopic (exact) mass is 424 g/mol. The van der Waals surface area contributed by atoms with Crippen molar-refractivity contribution in [2.45, 2.75) is 124 Å². The maximum atomic E-state index is 10.3. The largest absolute Gasteiger partial charge is 0.393 e. The molecule has 0 saturated carbocycles. The van der Waals surface area contributed by atoms with Crippen molar-refractivity contribution in [3.8, 4) is 0 Å². The Bertz CT molecular complexity index is 554. The number of aliphatic hydroxyl groups is 1. The molecular formula is C25H48O3Si. The van der Waals surface area contributed by atoms with Gasteiger partial charge in [0.1, 0.15) is 0 Å². The Kier molecular flexibility index (Phi) is 9.41. The maximum Gasteiger partial charge on any atom is 0.349 e. The fraction of sp³-hybridized carbons (Fsp3) is 0.840. The number of rotatable bonds is 7. The first-order valence-corrected chi connectivity index (χ1v) is 13.3. The van der Waals surface area contributed by atoms with Crippen LogP contribution in [0.25, 0.3) is 0 Å². The topological polar surface area (TPSA) is 38.7 Å². The molecule has 29 heavy (non-hydrogen) atoms. The third kappa shape index (κ3) is 6.78. The molecule has 0 spiro atoms. The van der Waals surface area contributed by atoms with E-state index in [1.165, 1.54) is 5.57 Å². The molecule has 0 aliphatic carbocycles. The van der Waals surface area contributed by atoms with Crippen molar-refractivity contribution >= 4 is 8.56 Å². The molecule has 3 nitrogen and oxygen atoms in total. The molecule has 0 aromatic carbocycles. The summed E-state index contributed by atoms with van der Waals surface area (Å²) in [4.78, 5) is 0. The lowest BCUT2D eigenvalue weighted by Crippen LogP contribution is -2.63. The molecule has 1 heterocycles. The average Bonchev–Trinajstić information content (AvgIpc) is 2.56. The molecule has 0 unspecified atom stereocenters. The zero-order chi connectivity index (χ0) is 22.6. The second-order valence-corrected chi connectivity index (χ2v) is 16.1. The van der Waals surface area contributed by atoms with Crippen LogP contribution in [0.15, 0.2) is 23.8 Å². The van der Waals surface area contributed by atoms with Gasteiger partial charge in [0.05, 0.1) is 12.2 Å². The number of allylic oxidation sites excluding steroid dienone is 2. The van der Waals surface area contributed by atoms with Gasteiger partial charge >= 0.3 is 8.56 Å². The molecule has 1 aliphatic rings. The molecule has 1 saturated heterocycles. The van der Waals surface area contributed by atoms with Crippen LogP contribution in [0.3, 0.4) is 0 Å². The Morgan fingerprint density at radius 2 is 1.66 bits per heavy atom. The lowest BCUT2D eigenvalue weighted by atomic mass is 9.91. The van der Waals surface area contributed by atoms with E-state index >= 15 is 0 Å². The Morgan fingerprint density at radius 3 is 2.14 bits per heavy atom. The van der Waals surface area contributed by atoms with Gasteiger partial charge in [-0.2, -0.15) is 0 Å². The van der Waals surface area contributed by atoms with E-state index in [4.69, 9.17) is 8.85 Å². The standard InChI is InChI=1S/C25H48O3Si/c1-12-13-14-22(26)19(3)15-18(2)16-20(4)23-17-21(5)27-29(28-23,24(6,7)8)25(9,10)11/h12-13,16,19-23,26H,14-15,17H2,1-11H3/b13-12-,18-16+/t19-,20+,21+,22+,23+/m0/s1. The SMILES string of the molecule is C/C=C\C[C@@H](O)[C@@H](C)C/C(C)=C/[C@@H](C)[C@H]1C[C@@H](C)O[Si](C(C)(C)C)(C(C)(C)C)O1. The predicted molar refractivity (Wildman–Crippen MR) is 127 cm³/mol. The lowest BCUT2D eigenvalue weighted by Gasteiger charge is -2.55. The van der Waals surface area contributed by atoms with Crippen LogP contribution < -0.4 is 0 Å². The van der Waals surface area contributed by atoms with Gasteiger partial charge < -0.3 is 14.0 Å². The van der Waals surface area contributed by atoms with Gasteiger partial charge in [0, 0.05) is 16.2 Å². The molecule has 0 radical (unpaired) electrons. The first-order valence-electron chi connectivity index (χ1n) is 11.5. The smallest absolute Gasteiger partial charge is 0.349 e. The van der Waals surface area contributed by atoms with E-state index in [-0.39, 0.29) is 34.3 Å². The van der Waals surface area contributed by atoms with Crippen molar-refractivity contribution in [3.63, 3.8) is 0 Å². The summed E-state index contributed by atoms with van der Waals surface area (Å²) < 4.78 is 13.6. The minimum absolute atomic E-state index is 0.00206. The second kappa shape index (κ2) is 10.3. The van der Waals surface area contributed by atoms with Gasteiger partial charge in [0.25, 0.3) is 0 Å². The van der Waals surface area contributed by atoms with Crippen molar-refractivity contribution in [1.82, 2.24) is 0 Å². The van der Waals surface area contributed by atoms with E-state index in [1.807, 2.05) is 19.1 Å². The summed E-state index contributed by atoms with van der Waals surface area (Å²) in [5.74, 6) is 0.583. The van der Waals surface area contributed by atoms with Crippen molar-refractivity contribution in [2.75, 3.05) is 0 Å². The Morgan fingerprint density at radius 1 is 1.10 bits per heavy atom.